The van der Waals surface area contributed by atoms with E-state index in [9.17, 15) is 9.18 Å². The Balaban J connectivity index is 1.48. The predicted octanol–water partition coefficient (Wildman–Crippen LogP) is 4.56. The van der Waals surface area contributed by atoms with Crippen LogP contribution in [0.2, 0.25) is 0 Å². The number of rotatable bonds is 5. The van der Waals surface area contributed by atoms with E-state index in [1.807, 2.05) is 49.1 Å². The van der Waals surface area contributed by atoms with Crippen LogP contribution >= 0.6 is 0 Å². The highest BCUT2D eigenvalue weighted by Gasteiger charge is 2.29. The van der Waals surface area contributed by atoms with E-state index in [2.05, 4.69) is 5.10 Å². The number of aryl methyl sites for hydroxylation is 1. The predicted molar refractivity (Wildman–Crippen MR) is 114 cm³/mol. The molecule has 0 aliphatic carbocycles. The Morgan fingerprint density at radius 3 is 2.60 bits per heavy atom. The molecule has 0 bridgehead atoms. The van der Waals surface area contributed by atoms with Gasteiger partial charge in [0.05, 0.1) is 29.2 Å². The Morgan fingerprint density at radius 2 is 1.87 bits per heavy atom. The van der Waals surface area contributed by atoms with Gasteiger partial charge in [-0.2, -0.15) is 5.10 Å². The van der Waals surface area contributed by atoms with Crippen LogP contribution in [0.3, 0.4) is 0 Å². The molecule has 3 aromatic rings. The molecule has 1 atom stereocenters. The van der Waals surface area contributed by atoms with E-state index >= 15 is 0 Å². The monoisotopic (exact) mass is 407 g/mol. The Morgan fingerprint density at radius 1 is 1.13 bits per heavy atom. The largest absolute Gasteiger partial charge is 0.493 e. The summed E-state index contributed by atoms with van der Waals surface area (Å²) >= 11 is 0. The molecule has 0 radical (unpaired) electrons. The van der Waals surface area contributed by atoms with Gasteiger partial charge in [-0.25, -0.2) is 9.07 Å². The number of hydrogen-bond acceptors (Lipinski definition) is 3. The molecule has 1 unspecified atom stereocenters. The molecule has 1 aromatic heterocycles. The van der Waals surface area contributed by atoms with Gasteiger partial charge in [0.2, 0.25) is 0 Å². The molecular weight excluding hydrogens is 381 g/mol. The van der Waals surface area contributed by atoms with Crippen molar-refractivity contribution in [1.29, 1.82) is 0 Å². The highest BCUT2D eigenvalue weighted by molar-refractivity contribution is 5.96. The normalized spacial score (nSPS) is 16.5. The zero-order valence-corrected chi connectivity index (χ0v) is 17.3. The number of nitrogens with zero attached hydrogens (tertiary/aromatic N) is 3. The molecule has 4 rings (SSSR count). The smallest absolute Gasteiger partial charge is 0.257 e. The highest BCUT2D eigenvalue weighted by Crippen LogP contribution is 2.24. The van der Waals surface area contributed by atoms with E-state index in [0.29, 0.717) is 30.3 Å². The number of piperidine rings is 1. The van der Waals surface area contributed by atoms with E-state index in [0.717, 1.165) is 36.5 Å². The Labute approximate surface area is 176 Å². The van der Waals surface area contributed by atoms with Gasteiger partial charge in [0.25, 0.3) is 5.91 Å². The fourth-order valence-electron chi connectivity index (χ4n) is 4.06. The maximum absolute atomic E-state index is 13.3. The van der Waals surface area contributed by atoms with Crippen molar-refractivity contribution >= 4 is 5.91 Å². The van der Waals surface area contributed by atoms with E-state index in [4.69, 9.17) is 4.74 Å². The first-order valence-electron chi connectivity index (χ1n) is 10.3. The van der Waals surface area contributed by atoms with Crippen LogP contribution in [-0.4, -0.2) is 40.3 Å². The van der Waals surface area contributed by atoms with Gasteiger partial charge in [0.1, 0.15) is 11.6 Å². The lowest BCUT2D eigenvalue weighted by atomic mass is 9.98. The van der Waals surface area contributed by atoms with Crippen LogP contribution in [0.5, 0.6) is 5.75 Å². The van der Waals surface area contributed by atoms with Crippen LogP contribution in [0, 0.1) is 25.6 Å². The second-order valence-electron chi connectivity index (χ2n) is 7.82. The van der Waals surface area contributed by atoms with E-state index < -0.39 is 0 Å². The molecule has 5 nitrogen and oxygen atoms in total. The summed E-state index contributed by atoms with van der Waals surface area (Å²) in [5.41, 5.74) is 2.82. The minimum Gasteiger partial charge on any atom is -0.493 e. The molecule has 0 saturated carbocycles. The lowest BCUT2D eigenvalue weighted by molar-refractivity contribution is 0.0632. The van der Waals surface area contributed by atoms with E-state index in [1.165, 1.54) is 12.1 Å². The number of carbonyl (C=O) groups excluding carboxylic acids is 1. The quantitative estimate of drug-likeness (QED) is 0.623. The second kappa shape index (κ2) is 8.69. The van der Waals surface area contributed by atoms with Crippen molar-refractivity contribution in [2.24, 2.45) is 5.92 Å². The van der Waals surface area contributed by atoms with Crippen LogP contribution in [0.4, 0.5) is 4.39 Å². The number of ether oxygens (including phenoxy) is 1. The van der Waals surface area contributed by atoms with Crippen molar-refractivity contribution in [1.82, 2.24) is 14.7 Å². The third-order valence-electron chi connectivity index (χ3n) is 5.61. The summed E-state index contributed by atoms with van der Waals surface area (Å²) < 4.78 is 20.9. The first-order chi connectivity index (χ1) is 14.5. The fourth-order valence-corrected chi connectivity index (χ4v) is 4.06. The number of amides is 1. The number of likely N-dealkylation sites (tertiary alicyclic amines) is 1. The number of hydrogen-bond donors (Lipinski definition) is 0. The number of para-hydroxylation sites is 1. The molecule has 0 spiro atoms. The van der Waals surface area contributed by atoms with Crippen LogP contribution in [0.25, 0.3) is 5.69 Å². The van der Waals surface area contributed by atoms with Gasteiger partial charge in [-0.1, -0.05) is 18.2 Å². The van der Waals surface area contributed by atoms with Crippen molar-refractivity contribution < 1.29 is 13.9 Å². The molecule has 1 amide bonds. The van der Waals surface area contributed by atoms with Gasteiger partial charge in [-0.15, -0.1) is 0 Å². The lowest BCUT2D eigenvalue weighted by Gasteiger charge is -2.32. The summed E-state index contributed by atoms with van der Waals surface area (Å²) in [7, 11) is 0. The molecule has 30 heavy (non-hydrogen) atoms. The topological polar surface area (TPSA) is 47.4 Å². The summed E-state index contributed by atoms with van der Waals surface area (Å²) in [6.45, 7) is 5.74. The summed E-state index contributed by atoms with van der Waals surface area (Å²) in [6.07, 6.45) is 2.00. The summed E-state index contributed by atoms with van der Waals surface area (Å²) in [4.78, 5) is 15.2. The van der Waals surface area contributed by atoms with E-state index in [1.54, 1.807) is 16.8 Å². The van der Waals surface area contributed by atoms with Crippen molar-refractivity contribution in [3.8, 4) is 11.4 Å². The van der Waals surface area contributed by atoms with E-state index in [-0.39, 0.29) is 11.7 Å². The average Bonchev–Trinajstić information content (AvgIpc) is 3.07. The third-order valence-corrected chi connectivity index (χ3v) is 5.61. The molecule has 2 heterocycles. The van der Waals surface area contributed by atoms with Crippen LogP contribution < -0.4 is 4.74 Å². The number of halogens is 1. The number of aromatic nitrogens is 2. The zero-order chi connectivity index (χ0) is 21.1. The van der Waals surface area contributed by atoms with Crippen molar-refractivity contribution in [2.45, 2.75) is 26.7 Å². The minimum atomic E-state index is -0.298. The molecular formula is C24H26FN3O2. The van der Waals surface area contributed by atoms with Crippen LogP contribution in [-0.2, 0) is 0 Å². The maximum atomic E-state index is 13.3. The van der Waals surface area contributed by atoms with Gasteiger partial charge in [-0.05, 0) is 63.1 Å². The number of benzene rings is 2. The maximum Gasteiger partial charge on any atom is 0.257 e. The third kappa shape index (κ3) is 4.22. The Hall–Kier alpha value is -3.15. The first-order valence-corrected chi connectivity index (χ1v) is 10.3. The van der Waals surface area contributed by atoms with Crippen molar-refractivity contribution in [3.05, 3.63) is 77.4 Å². The lowest BCUT2D eigenvalue weighted by Crippen LogP contribution is -2.42. The molecule has 1 aliphatic heterocycles. The van der Waals surface area contributed by atoms with Crippen LogP contribution in [0.15, 0.2) is 54.6 Å². The molecule has 1 aliphatic rings. The minimum absolute atomic E-state index is 0.00257. The molecule has 2 aromatic carbocycles. The second-order valence-corrected chi connectivity index (χ2v) is 7.82. The molecule has 156 valence electrons. The molecule has 1 fully saturated rings. The van der Waals surface area contributed by atoms with Gasteiger partial charge < -0.3 is 9.64 Å². The molecule has 0 N–H and O–H groups in total. The van der Waals surface area contributed by atoms with Crippen molar-refractivity contribution in [2.75, 3.05) is 19.7 Å². The Bertz CT molecular complexity index is 1010. The molecule has 6 heteroatoms. The van der Waals surface area contributed by atoms with Gasteiger partial charge >= 0.3 is 0 Å². The van der Waals surface area contributed by atoms with Crippen LogP contribution in [0.1, 0.15) is 34.6 Å². The number of carbonyl (C=O) groups is 1. The van der Waals surface area contributed by atoms with Gasteiger partial charge in [0, 0.05) is 19.0 Å². The fraction of sp³-hybridized carbons (Fsp3) is 0.333. The standard InChI is InChI=1S/C24H26FN3O2/c1-17-23(18(2)28(26-17)21-12-10-20(25)11-13-21)24(29)27-14-6-7-19(15-27)16-30-22-8-4-3-5-9-22/h3-5,8-13,19H,6-7,14-16H2,1-2H3. The first kappa shape index (κ1) is 20.1. The highest BCUT2D eigenvalue weighted by atomic mass is 19.1. The van der Waals surface area contributed by atoms with Gasteiger partial charge in [-0.3, -0.25) is 4.79 Å². The Kier molecular flexibility index (Phi) is 5.84. The SMILES string of the molecule is Cc1nn(-c2ccc(F)cc2)c(C)c1C(=O)N1CCCC(COc2ccccc2)C1. The average molecular weight is 407 g/mol. The van der Waals surface area contributed by atoms with Crippen molar-refractivity contribution in [3.63, 3.8) is 0 Å². The van der Waals surface area contributed by atoms with Gasteiger partial charge in [0.15, 0.2) is 0 Å². The zero-order valence-electron chi connectivity index (χ0n) is 17.3. The molecule has 1 saturated heterocycles. The summed E-state index contributed by atoms with van der Waals surface area (Å²) in [5, 5.41) is 4.54. The summed E-state index contributed by atoms with van der Waals surface area (Å²) in [5.74, 6) is 0.861. The summed E-state index contributed by atoms with van der Waals surface area (Å²) in [6, 6.07) is 15.9.